The van der Waals surface area contributed by atoms with Gasteiger partial charge in [0.2, 0.25) is 23.6 Å². The van der Waals surface area contributed by atoms with Crippen LogP contribution in [0, 0.1) is 25.7 Å². The lowest BCUT2D eigenvalue weighted by Crippen LogP contribution is -2.53. The Labute approximate surface area is 204 Å². The van der Waals surface area contributed by atoms with Gasteiger partial charge in [0, 0.05) is 23.7 Å². The van der Waals surface area contributed by atoms with Gasteiger partial charge in [0.15, 0.2) is 0 Å². The Balaban J connectivity index is 1.60. The molecule has 2 saturated heterocycles. The van der Waals surface area contributed by atoms with Gasteiger partial charge in [-0.2, -0.15) is 0 Å². The summed E-state index contributed by atoms with van der Waals surface area (Å²) in [5, 5.41) is 6.18. The summed E-state index contributed by atoms with van der Waals surface area (Å²) in [5.74, 6) is -3.71. The van der Waals surface area contributed by atoms with Gasteiger partial charge in [0.25, 0.3) is 0 Å². The van der Waals surface area contributed by atoms with E-state index in [1.54, 1.807) is 12.1 Å². The van der Waals surface area contributed by atoms with Gasteiger partial charge in [-0.3, -0.25) is 24.5 Å². The smallest absolute Gasteiger partial charge is 0.250 e. The summed E-state index contributed by atoms with van der Waals surface area (Å²) in [4.78, 5) is 54.3. The van der Waals surface area contributed by atoms with Gasteiger partial charge in [-0.05, 0) is 55.5 Å². The van der Waals surface area contributed by atoms with Gasteiger partial charge in [-0.15, -0.1) is 0 Å². The molecule has 8 heteroatoms. The molecule has 1 spiro atoms. The molecule has 0 aliphatic carbocycles. The molecule has 2 aromatic rings. The molecule has 2 aromatic carbocycles. The monoisotopic (exact) mass is 474 g/mol. The second-order valence-electron chi connectivity index (χ2n) is 9.90. The van der Waals surface area contributed by atoms with E-state index in [0.29, 0.717) is 16.9 Å². The van der Waals surface area contributed by atoms with E-state index < -0.39 is 41.1 Å². The number of unbranched alkanes of at least 4 members (excludes halogenated alkanes) is 1. The van der Waals surface area contributed by atoms with E-state index in [-0.39, 0.29) is 12.3 Å². The molecule has 35 heavy (non-hydrogen) atoms. The van der Waals surface area contributed by atoms with Crippen molar-refractivity contribution in [3.63, 3.8) is 0 Å². The maximum absolute atomic E-state index is 13.9. The molecule has 5 rings (SSSR count). The maximum atomic E-state index is 13.9. The molecule has 0 aromatic heterocycles. The summed E-state index contributed by atoms with van der Waals surface area (Å²) in [7, 11) is 0. The molecule has 4 atom stereocenters. The van der Waals surface area contributed by atoms with Crippen molar-refractivity contribution in [1.82, 2.24) is 5.32 Å². The molecule has 3 aliphatic heterocycles. The number of nitrogens with two attached hydrogens (primary N) is 1. The number of carbonyl (C=O) groups excluding carboxylic acids is 4. The van der Waals surface area contributed by atoms with Crippen molar-refractivity contribution >= 4 is 35.0 Å². The van der Waals surface area contributed by atoms with Crippen LogP contribution in [-0.4, -0.2) is 29.7 Å². The first kappa shape index (κ1) is 23.2. The summed E-state index contributed by atoms with van der Waals surface area (Å²) < 4.78 is 0. The molecule has 4 N–H and O–H groups in total. The number of hydrogen-bond donors (Lipinski definition) is 3. The first-order valence-corrected chi connectivity index (χ1v) is 12.2. The molecule has 2 fully saturated rings. The molecule has 0 radical (unpaired) electrons. The molecule has 0 unspecified atom stereocenters. The summed E-state index contributed by atoms with van der Waals surface area (Å²) in [5.41, 5.74) is 8.86. The fraction of sp³-hybridized carbons (Fsp3) is 0.407. The number of carbonyl (C=O) groups is 4. The summed E-state index contributed by atoms with van der Waals surface area (Å²) in [6.45, 7) is 5.99. The van der Waals surface area contributed by atoms with Crippen molar-refractivity contribution in [3.05, 3.63) is 58.7 Å². The van der Waals surface area contributed by atoms with Gasteiger partial charge in [-0.25, -0.2) is 4.90 Å². The van der Waals surface area contributed by atoms with Crippen molar-refractivity contribution in [1.29, 1.82) is 0 Å². The number of aryl methyl sites for hydroxylation is 2. The van der Waals surface area contributed by atoms with Gasteiger partial charge < -0.3 is 11.1 Å². The van der Waals surface area contributed by atoms with E-state index in [1.807, 2.05) is 38.1 Å². The van der Waals surface area contributed by atoms with Crippen LogP contribution in [0.3, 0.4) is 0 Å². The van der Waals surface area contributed by atoms with Crippen LogP contribution in [0.2, 0.25) is 0 Å². The summed E-state index contributed by atoms with van der Waals surface area (Å²) >= 11 is 0. The third kappa shape index (κ3) is 3.31. The zero-order valence-electron chi connectivity index (χ0n) is 20.2. The number of imide groups is 1. The lowest BCUT2D eigenvalue weighted by Gasteiger charge is -2.29. The Morgan fingerprint density at radius 2 is 1.77 bits per heavy atom. The average Bonchev–Trinajstić information content (AvgIpc) is 3.40. The third-order valence-electron chi connectivity index (χ3n) is 7.86. The van der Waals surface area contributed by atoms with E-state index in [4.69, 9.17) is 5.73 Å². The van der Waals surface area contributed by atoms with E-state index in [9.17, 15) is 19.2 Å². The molecular weight excluding hydrogens is 444 g/mol. The molecule has 3 aliphatic rings. The SMILES string of the molecule is CCCCc1ccc(N2C(=O)[C@@H]3[C@H](CC(N)=O)N[C@@]4(C(=O)Nc5c4ccc(C)c5C)[C@@H]3C2=O)cc1. The van der Waals surface area contributed by atoms with Crippen LogP contribution in [-0.2, 0) is 31.1 Å². The highest BCUT2D eigenvalue weighted by atomic mass is 16.2. The third-order valence-corrected chi connectivity index (χ3v) is 7.86. The van der Waals surface area contributed by atoms with Crippen molar-refractivity contribution in [2.45, 2.75) is 58.0 Å². The predicted octanol–water partition coefficient (Wildman–Crippen LogP) is 2.45. The Bertz CT molecular complexity index is 1250. The minimum absolute atomic E-state index is 0.154. The average molecular weight is 475 g/mol. The van der Waals surface area contributed by atoms with Crippen molar-refractivity contribution in [2.24, 2.45) is 17.6 Å². The fourth-order valence-corrected chi connectivity index (χ4v) is 5.96. The number of fused-ring (bicyclic) bond motifs is 4. The maximum Gasteiger partial charge on any atom is 0.250 e. The van der Waals surface area contributed by atoms with Gasteiger partial charge in [-0.1, -0.05) is 37.6 Å². The largest absolute Gasteiger partial charge is 0.370 e. The summed E-state index contributed by atoms with van der Waals surface area (Å²) in [6.07, 6.45) is 2.90. The molecule has 4 amide bonds. The Hall–Kier alpha value is -3.52. The molecule has 8 nitrogen and oxygen atoms in total. The minimum Gasteiger partial charge on any atom is -0.370 e. The number of anilines is 2. The quantitative estimate of drug-likeness (QED) is 0.555. The number of hydrogen-bond acceptors (Lipinski definition) is 5. The topological polar surface area (TPSA) is 122 Å². The van der Waals surface area contributed by atoms with Crippen LogP contribution in [0.15, 0.2) is 36.4 Å². The number of nitrogens with one attached hydrogen (secondary N) is 2. The van der Waals surface area contributed by atoms with E-state index in [1.165, 1.54) is 4.90 Å². The van der Waals surface area contributed by atoms with E-state index >= 15 is 0 Å². The van der Waals surface area contributed by atoms with E-state index in [0.717, 1.165) is 36.0 Å². The van der Waals surface area contributed by atoms with Crippen LogP contribution in [0.25, 0.3) is 0 Å². The van der Waals surface area contributed by atoms with Crippen LogP contribution < -0.4 is 21.3 Å². The number of amides is 4. The number of primary amides is 1. The van der Waals surface area contributed by atoms with Crippen molar-refractivity contribution in [2.75, 3.05) is 10.2 Å². The highest BCUT2D eigenvalue weighted by Crippen LogP contribution is 2.54. The van der Waals surface area contributed by atoms with Gasteiger partial charge in [0.05, 0.1) is 17.5 Å². The molecular formula is C27H30N4O4. The zero-order valence-corrected chi connectivity index (χ0v) is 20.2. The molecule has 182 valence electrons. The van der Waals surface area contributed by atoms with Crippen LogP contribution in [0.1, 0.15) is 48.4 Å². The first-order valence-electron chi connectivity index (χ1n) is 12.2. The lowest BCUT2D eigenvalue weighted by molar-refractivity contribution is -0.130. The van der Waals surface area contributed by atoms with Crippen molar-refractivity contribution < 1.29 is 19.2 Å². The van der Waals surface area contributed by atoms with Crippen LogP contribution >= 0.6 is 0 Å². The Morgan fingerprint density at radius 3 is 2.43 bits per heavy atom. The van der Waals surface area contributed by atoms with Crippen molar-refractivity contribution in [3.8, 4) is 0 Å². The first-order chi connectivity index (χ1) is 16.7. The second kappa shape index (κ2) is 8.30. The fourth-order valence-electron chi connectivity index (χ4n) is 5.96. The second-order valence-corrected chi connectivity index (χ2v) is 9.90. The molecule has 0 saturated carbocycles. The lowest BCUT2D eigenvalue weighted by atomic mass is 9.76. The van der Waals surface area contributed by atoms with E-state index in [2.05, 4.69) is 17.6 Å². The highest BCUT2D eigenvalue weighted by Gasteiger charge is 2.70. The standard InChI is InChI=1S/C27H30N4O4/c1-4-5-6-16-8-10-17(11-9-16)31-24(33)21-19(13-20(28)32)30-27(22(21)25(31)34)18-12-7-14(2)15(3)23(18)29-26(27)35/h7-12,19,21-22,30H,4-6,13H2,1-3H3,(H2,28,32)(H,29,35)/t19-,21+,22-,27+/m0/s1. The number of rotatable bonds is 6. The predicted molar refractivity (Wildman–Crippen MR) is 131 cm³/mol. The van der Waals surface area contributed by atoms with Gasteiger partial charge >= 0.3 is 0 Å². The Morgan fingerprint density at radius 1 is 1.06 bits per heavy atom. The number of nitrogens with zero attached hydrogens (tertiary/aromatic N) is 1. The highest BCUT2D eigenvalue weighted by molar-refractivity contribution is 6.26. The zero-order chi connectivity index (χ0) is 25.1. The van der Waals surface area contributed by atoms with Gasteiger partial charge in [0.1, 0.15) is 5.54 Å². The minimum atomic E-state index is -1.44. The Kier molecular flexibility index (Phi) is 5.51. The molecule has 3 heterocycles. The normalized spacial score (nSPS) is 26.9. The molecule has 0 bridgehead atoms. The summed E-state index contributed by atoms with van der Waals surface area (Å²) in [6, 6.07) is 10.4. The number of benzene rings is 2. The van der Waals surface area contributed by atoms with Crippen LogP contribution in [0.5, 0.6) is 0 Å². The van der Waals surface area contributed by atoms with Crippen LogP contribution in [0.4, 0.5) is 11.4 Å².